The molecule has 1 amide bonds. The van der Waals surface area contributed by atoms with E-state index >= 15 is 0 Å². The number of hydrogen-bond acceptors (Lipinski definition) is 3. The second kappa shape index (κ2) is 8.45. The van der Waals surface area contributed by atoms with Crippen molar-refractivity contribution in [3.05, 3.63) is 58.6 Å². The SMILES string of the molecule is Cc1cccc(N2CCN(C(=O)CCNc3cc(Cl)ccc3C)CC2)c1. The van der Waals surface area contributed by atoms with E-state index in [4.69, 9.17) is 11.6 Å². The summed E-state index contributed by atoms with van der Waals surface area (Å²) in [6.07, 6.45) is 0.496. The van der Waals surface area contributed by atoms with Gasteiger partial charge in [0.05, 0.1) is 0 Å². The van der Waals surface area contributed by atoms with Gasteiger partial charge >= 0.3 is 0 Å². The lowest BCUT2D eigenvalue weighted by Gasteiger charge is -2.36. The maximum absolute atomic E-state index is 12.5. The lowest BCUT2D eigenvalue weighted by molar-refractivity contribution is -0.131. The van der Waals surface area contributed by atoms with Crippen molar-refractivity contribution < 1.29 is 4.79 Å². The number of carbonyl (C=O) groups excluding carboxylic acids is 1. The molecule has 4 nitrogen and oxygen atoms in total. The largest absolute Gasteiger partial charge is 0.384 e. The molecule has 0 aromatic heterocycles. The zero-order valence-corrected chi connectivity index (χ0v) is 16.2. The number of aryl methyl sites for hydroxylation is 2. The maximum Gasteiger partial charge on any atom is 0.224 e. The number of hydrogen-bond donors (Lipinski definition) is 1. The number of benzene rings is 2. The van der Waals surface area contributed by atoms with Gasteiger partial charge in [-0.1, -0.05) is 29.8 Å². The number of carbonyl (C=O) groups is 1. The first-order valence-corrected chi connectivity index (χ1v) is 9.50. The van der Waals surface area contributed by atoms with Gasteiger partial charge in [-0.25, -0.2) is 0 Å². The van der Waals surface area contributed by atoms with Crippen molar-refractivity contribution in [1.29, 1.82) is 0 Å². The highest BCUT2D eigenvalue weighted by atomic mass is 35.5. The van der Waals surface area contributed by atoms with Crippen LogP contribution in [0.3, 0.4) is 0 Å². The van der Waals surface area contributed by atoms with Crippen LogP contribution in [0.2, 0.25) is 5.02 Å². The van der Waals surface area contributed by atoms with E-state index in [9.17, 15) is 4.79 Å². The number of halogens is 1. The van der Waals surface area contributed by atoms with Gasteiger partial charge in [0, 0.05) is 55.5 Å². The summed E-state index contributed by atoms with van der Waals surface area (Å²) in [5, 5.41) is 4.03. The molecule has 0 bridgehead atoms. The van der Waals surface area contributed by atoms with E-state index in [-0.39, 0.29) is 5.91 Å². The van der Waals surface area contributed by atoms with Crippen LogP contribution >= 0.6 is 11.6 Å². The zero-order chi connectivity index (χ0) is 18.5. The molecule has 1 aliphatic heterocycles. The Balaban J connectivity index is 1.46. The maximum atomic E-state index is 12.5. The third-order valence-corrected chi connectivity index (χ3v) is 5.09. The molecule has 2 aromatic rings. The summed E-state index contributed by atoms with van der Waals surface area (Å²) in [7, 11) is 0. The second-order valence-corrected chi connectivity index (χ2v) is 7.28. The van der Waals surface area contributed by atoms with Gasteiger partial charge in [0.2, 0.25) is 5.91 Å². The number of rotatable bonds is 5. The minimum atomic E-state index is 0.209. The van der Waals surface area contributed by atoms with Crippen molar-refractivity contribution in [2.24, 2.45) is 0 Å². The van der Waals surface area contributed by atoms with Gasteiger partial charge in [-0.2, -0.15) is 0 Å². The van der Waals surface area contributed by atoms with Crippen LogP contribution in [0, 0.1) is 13.8 Å². The molecule has 2 aromatic carbocycles. The molecule has 0 spiro atoms. The van der Waals surface area contributed by atoms with Gasteiger partial charge in [-0.3, -0.25) is 4.79 Å². The molecular weight excluding hydrogens is 346 g/mol. The molecule has 1 aliphatic rings. The highest BCUT2D eigenvalue weighted by molar-refractivity contribution is 6.30. The van der Waals surface area contributed by atoms with Crippen molar-refractivity contribution in [2.75, 3.05) is 42.9 Å². The molecule has 0 saturated carbocycles. The molecule has 3 rings (SSSR count). The lowest BCUT2D eigenvalue weighted by atomic mass is 10.2. The fourth-order valence-corrected chi connectivity index (χ4v) is 3.46. The lowest BCUT2D eigenvalue weighted by Crippen LogP contribution is -2.49. The molecule has 5 heteroatoms. The Labute approximate surface area is 160 Å². The fourth-order valence-electron chi connectivity index (χ4n) is 3.29. The molecule has 0 radical (unpaired) electrons. The van der Waals surface area contributed by atoms with Crippen molar-refractivity contribution in [1.82, 2.24) is 4.90 Å². The number of amides is 1. The number of nitrogens with one attached hydrogen (secondary N) is 1. The quantitative estimate of drug-likeness (QED) is 0.859. The van der Waals surface area contributed by atoms with Crippen LogP contribution in [-0.2, 0) is 4.79 Å². The van der Waals surface area contributed by atoms with Crippen LogP contribution in [0.4, 0.5) is 11.4 Å². The Morgan fingerprint density at radius 3 is 2.58 bits per heavy atom. The molecule has 0 unspecified atom stereocenters. The van der Waals surface area contributed by atoms with E-state index in [0.717, 1.165) is 37.4 Å². The van der Waals surface area contributed by atoms with Crippen molar-refractivity contribution >= 4 is 28.9 Å². The number of anilines is 2. The number of nitrogens with zero attached hydrogens (tertiary/aromatic N) is 2. The van der Waals surface area contributed by atoms with Crippen molar-refractivity contribution in [3.8, 4) is 0 Å². The summed E-state index contributed by atoms with van der Waals surface area (Å²) in [4.78, 5) is 16.8. The van der Waals surface area contributed by atoms with Gasteiger partial charge < -0.3 is 15.1 Å². The Morgan fingerprint density at radius 2 is 1.85 bits per heavy atom. The molecular formula is C21H26ClN3O. The van der Waals surface area contributed by atoms with Crippen LogP contribution in [0.1, 0.15) is 17.5 Å². The molecule has 1 N–H and O–H groups in total. The van der Waals surface area contributed by atoms with Gasteiger partial charge in [-0.15, -0.1) is 0 Å². The molecule has 1 heterocycles. The topological polar surface area (TPSA) is 35.6 Å². The highest BCUT2D eigenvalue weighted by Crippen LogP contribution is 2.20. The second-order valence-electron chi connectivity index (χ2n) is 6.84. The van der Waals surface area contributed by atoms with Gasteiger partial charge in [0.15, 0.2) is 0 Å². The highest BCUT2D eigenvalue weighted by Gasteiger charge is 2.21. The molecule has 1 fully saturated rings. The Kier molecular flexibility index (Phi) is 6.04. The average Bonchev–Trinajstić information content (AvgIpc) is 2.64. The van der Waals surface area contributed by atoms with E-state index in [1.807, 2.05) is 30.0 Å². The van der Waals surface area contributed by atoms with Crippen molar-refractivity contribution in [3.63, 3.8) is 0 Å². The third-order valence-electron chi connectivity index (χ3n) is 4.85. The van der Waals surface area contributed by atoms with Crippen LogP contribution in [0.5, 0.6) is 0 Å². The third kappa shape index (κ3) is 4.70. The van der Waals surface area contributed by atoms with E-state index in [0.29, 0.717) is 18.0 Å². The summed E-state index contributed by atoms with van der Waals surface area (Å²) in [6.45, 7) is 8.10. The predicted octanol–water partition coefficient (Wildman–Crippen LogP) is 4.11. The molecule has 0 atom stereocenters. The summed E-state index contributed by atoms with van der Waals surface area (Å²) < 4.78 is 0. The Bertz CT molecular complexity index is 770. The first-order valence-electron chi connectivity index (χ1n) is 9.12. The monoisotopic (exact) mass is 371 g/mol. The summed E-state index contributed by atoms with van der Waals surface area (Å²) in [6, 6.07) is 14.3. The fraction of sp³-hybridized carbons (Fsp3) is 0.381. The predicted molar refractivity (Wildman–Crippen MR) is 109 cm³/mol. The van der Waals surface area contributed by atoms with Crippen LogP contribution in [-0.4, -0.2) is 43.5 Å². The Morgan fingerprint density at radius 1 is 1.08 bits per heavy atom. The zero-order valence-electron chi connectivity index (χ0n) is 15.5. The van der Waals surface area contributed by atoms with Gasteiger partial charge in [0.25, 0.3) is 0 Å². The first kappa shape index (κ1) is 18.6. The van der Waals surface area contributed by atoms with Crippen molar-refractivity contribution in [2.45, 2.75) is 20.3 Å². The van der Waals surface area contributed by atoms with Gasteiger partial charge in [0.1, 0.15) is 0 Å². The average molecular weight is 372 g/mol. The normalized spacial score (nSPS) is 14.4. The Hall–Kier alpha value is -2.20. The number of piperazine rings is 1. The minimum Gasteiger partial charge on any atom is -0.384 e. The molecule has 0 aliphatic carbocycles. The van der Waals surface area contributed by atoms with E-state index < -0.39 is 0 Å². The van der Waals surface area contributed by atoms with E-state index in [1.165, 1.54) is 11.3 Å². The smallest absolute Gasteiger partial charge is 0.224 e. The summed E-state index contributed by atoms with van der Waals surface area (Å²) in [5.74, 6) is 0.209. The molecule has 138 valence electrons. The molecule has 26 heavy (non-hydrogen) atoms. The van der Waals surface area contributed by atoms with E-state index in [1.54, 1.807) is 0 Å². The molecule has 1 saturated heterocycles. The van der Waals surface area contributed by atoms with Gasteiger partial charge in [-0.05, 0) is 49.2 Å². The summed E-state index contributed by atoms with van der Waals surface area (Å²) in [5.41, 5.74) is 4.64. The van der Waals surface area contributed by atoms with Crippen LogP contribution in [0.15, 0.2) is 42.5 Å². The van der Waals surface area contributed by atoms with Crippen LogP contribution in [0.25, 0.3) is 0 Å². The standard InChI is InChI=1S/C21H26ClN3O/c1-16-4-3-5-19(14-16)24-10-12-25(13-11-24)21(26)8-9-23-20-15-18(22)7-6-17(20)2/h3-7,14-15,23H,8-13H2,1-2H3. The van der Waals surface area contributed by atoms with E-state index in [2.05, 4.69) is 41.4 Å². The van der Waals surface area contributed by atoms with Crippen LogP contribution < -0.4 is 10.2 Å². The minimum absolute atomic E-state index is 0.209. The summed E-state index contributed by atoms with van der Waals surface area (Å²) >= 11 is 6.03. The first-order chi connectivity index (χ1) is 12.5.